The van der Waals surface area contributed by atoms with Crippen LogP contribution >= 0.6 is 24.0 Å². The highest BCUT2D eigenvalue weighted by Crippen LogP contribution is 2.41. The van der Waals surface area contributed by atoms with Crippen LogP contribution in [-0.2, 0) is 4.79 Å². The van der Waals surface area contributed by atoms with Gasteiger partial charge in [0, 0.05) is 11.3 Å². The van der Waals surface area contributed by atoms with Crippen LogP contribution in [0.1, 0.15) is 57.8 Å². The molecule has 0 aromatic rings. The minimum atomic E-state index is -0.578. The highest BCUT2D eigenvalue weighted by molar-refractivity contribution is 8.00. The van der Waals surface area contributed by atoms with Crippen molar-refractivity contribution in [2.24, 2.45) is 11.1 Å². The van der Waals surface area contributed by atoms with Gasteiger partial charge in [0.1, 0.15) is 0 Å². The van der Waals surface area contributed by atoms with Crippen molar-refractivity contribution in [3.8, 4) is 0 Å². The van der Waals surface area contributed by atoms with Gasteiger partial charge in [0.05, 0.1) is 10.4 Å². The Morgan fingerprint density at radius 1 is 1.15 bits per heavy atom. The molecular formula is C15H26N2OS2. The molecule has 114 valence electrons. The van der Waals surface area contributed by atoms with Crippen LogP contribution in [0.15, 0.2) is 0 Å². The molecule has 0 radical (unpaired) electrons. The van der Waals surface area contributed by atoms with E-state index in [0.717, 1.165) is 32.2 Å². The summed E-state index contributed by atoms with van der Waals surface area (Å²) in [4.78, 5) is 13.1. The molecule has 2 aliphatic rings. The maximum Gasteiger partial charge on any atom is 0.233 e. The minimum Gasteiger partial charge on any atom is -0.392 e. The van der Waals surface area contributed by atoms with E-state index in [2.05, 4.69) is 11.6 Å². The molecule has 0 aromatic heterocycles. The van der Waals surface area contributed by atoms with Gasteiger partial charge in [-0.25, -0.2) is 0 Å². The number of hydrogen-bond acceptors (Lipinski definition) is 3. The summed E-state index contributed by atoms with van der Waals surface area (Å²) in [7, 11) is 0. The van der Waals surface area contributed by atoms with Gasteiger partial charge >= 0.3 is 0 Å². The zero-order chi connectivity index (χ0) is 14.6. The van der Waals surface area contributed by atoms with E-state index < -0.39 is 5.41 Å². The van der Waals surface area contributed by atoms with Crippen LogP contribution in [0.2, 0.25) is 0 Å². The topological polar surface area (TPSA) is 55.1 Å². The Morgan fingerprint density at radius 3 is 2.20 bits per heavy atom. The number of rotatable bonds is 5. The largest absolute Gasteiger partial charge is 0.392 e. The second kappa shape index (κ2) is 6.65. The average Bonchev–Trinajstić information content (AvgIpc) is 2.95. The fraction of sp³-hybridized carbons (Fsp3) is 0.867. The minimum absolute atomic E-state index is 0.0741. The summed E-state index contributed by atoms with van der Waals surface area (Å²) >= 11 is 7.12. The number of nitrogens with one attached hydrogen (secondary N) is 1. The second-order valence-electron chi connectivity index (χ2n) is 6.28. The zero-order valence-electron chi connectivity index (χ0n) is 12.4. The van der Waals surface area contributed by atoms with Crippen molar-refractivity contribution in [3.05, 3.63) is 0 Å². The smallest absolute Gasteiger partial charge is 0.233 e. The first-order chi connectivity index (χ1) is 9.55. The first-order valence-corrected chi connectivity index (χ1v) is 9.31. The molecule has 2 rings (SSSR count). The van der Waals surface area contributed by atoms with Crippen molar-refractivity contribution >= 4 is 34.9 Å². The van der Waals surface area contributed by atoms with Crippen molar-refractivity contribution in [2.75, 3.05) is 12.8 Å². The normalized spacial score (nSPS) is 24.2. The molecule has 20 heavy (non-hydrogen) atoms. The van der Waals surface area contributed by atoms with E-state index in [4.69, 9.17) is 18.0 Å². The van der Waals surface area contributed by atoms with E-state index in [9.17, 15) is 4.79 Å². The quantitative estimate of drug-likeness (QED) is 0.766. The molecule has 5 heteroatoms. The van der Waals surface area contributed by atoms with Crippen molar-refractivity contribution in [2.45, 2.75) is 62.5 Å². The van der Waals surface area contributed by atoms with Crippen LogP contribution in [0.5, 0.6) is 0 Å². The lowest BCUT2D eigenvalue weighted by atomic mass is 9.73. The van der Waals surface area contributed by atoms with Crippen LogP contribution in [0.3, 0.4) is 0 Å². The second-order valence-corrected chi connectivity index (χ2v) is 8.00. The molecular weight excluding hydrogens is 288 g/mol. The van der Waals surface area contributed by atoms with Crippen LogP contribution in [0, 0.1) is 5.41 Å². The molecule has 0 bridgehead atoms. The molecule has 0 unspecified atom stereocenters. The first kappa shape index (κ1) is 16.1. The Hall–Kier alpha value is -0.290. The molecule has 3 N–H and O–H groups in total. The summed E-state index contributed by atoms with van der Waals surface area (Å²) in [5.74, 6) is 0.0741. The lowest BCUT2D eigenvalue weighted by Crippen LogP contribution is -2.52. The Balaban J connectivity index is 2.00. The number of carbonyl (C=O) groups excluding carboxylic acids is 1. The Morgan fingerprint density at radius 2 is 1.70 bits per heavy atom. The molecule has 0 aromatic carbocycles. The number of hydrogen-bond donors (Lipinski definition) is 2. The molecule has 0 atom stereocenters. The fourth-order valence-corrected chi connectivity index (χ4v) is 4.83. The predicted octanol–water partition coefficient (Wildman–Crippen LogP) is 3.02. The van der Waals surface area contributed by atoms with Crippen LogP contribution < -0.4 is 11.1 Å². The standard InChI is InChI=1S/C15H26N2OS2/c1-20-14(7-5-6-8-14)11-17-13(18)15(12(16)19)9-3-2-4-10-15/h2-11H2,1H3,(H2,16,19)(H,17,18). The number of thiocarbonyl (C=S) groups is 1. The van der Waals surface area contributed by atoms with Gasteiger partial charge in [0.15, 0.2) is 0 Å². The summed E-state index contributed by atoms with van der Waals surface area (Å²) in [6.07, 6.45) is 12.0. The zero-order valence-corrected chi connectivity index (χ0v) is 14.0. The lowest BCUT2D eigenvalue weighted by molar-refractivity contribution is -0.128. The van der Waals surface area contributed by atoms with Gasteiger partial charge in [-0.3, -0.25) is 4.79 Å². The first-order valence-electron chi connectivity index (χ1n) is 7.68. The Kier molecular flexibility index (Phi) is 5.35. The third-order valence-corrected chi connectivity index (χ3v) is 6.94. The van der Waals surface area contributed by atoms with Gasteiger partial charge in [0.2, 0.25) is 5.91 Å². The molecule has 2 aliphatic carbocycles. The monoisotopic (exact) mass is 314 g/mol. The summed E-state index contributed by atoms with van der Waals surface area (Å²) in [6.45, 7) is 0.761. The van der Waals surface area contributed by atoms with Gasteiger partial charge in [0.25, 0.3) is 0 Å². The maximum atomic E-state index is 12.7. The van der Waals surface area contributed by atoms with Crippen molar-refractivity contribution in [3.63, 3.8) is 0 Å². The van der Waals surface area contributed by atoms with E-state index in [1.165, 1.54) is 32.1 Å². The molecule has 0 heterocycles. The van der Waals surface area contributed by atoms with Gasteiger partial charge in [-0.05, 0) is 31.9 Å². The third-order valence-electron chi connectivity index (χ3n) is 5.13. The van der Waals surface area contributed by atoms with Gasteiger partial charge in [-0.2, -0.15) is 11.8 Å². The molecule has 0 spiro atoms. The summed E-state index contributed by atoms with van der Waals surface area (Å²) in [6, 6.07) is 0. The number of nitrogens with two attached hydrogens (primary N) is 1. The third kappa shape index (κ3) is 3.14. The Labute approximate surface area is 131 Å². The van der Waals surface area contributed by atoms with Crippen molar-refractivity contribution in [1.29, 1.82) is 0 Å². The van der Waals surface area contributed by atoms with Gasteiger partial charge in [-0.15, -0.1) is 0 Å². The van der Waals surface area contributed by atoms with E-state index in [-0.39, 0.29) is 10.7 Å². The van der Waals surface area contributed by atoms with Crippen LogP contribution in [0.4, 0.5) is 0 Å². The summed E-state index contributed by atoms with van der Waals surface area (Å²) in [5, 5.41) is 3.18. The number of amides is 1. The number of thioether (sulfide) groups is 1. The highest BCUT2D eigenvalue weighted by Gasteiger charge is 2.43. The van der Waals surface area contributed by atoms with Crippen molar-refractivity contribution < 1.29 is 4.79 Å². The Bertz CT molecular complexity index is 372. The molecule has 0 saturated heterocycles. The van der Waals surface area contributed by atoms with Gasteiger partial charge < -0.3 is 11.1 Å². The van der Waals surface area contributed by atoms with Crippen LogP contribution in [-0.4, -0.2) is 28.4 Å². The molecule has 2 saturated carbocycles. The van der Waals surface area contributed by atoms with E-state index in [1.54, 1.807) is 0 Å². The van der Waals surface area contributed by atoms with E-state index in [1.807, 2.05) is 11.8 Å². The van der Waals surface area contributed by atoms with Gasteiger partial charge in [-0.1, -0.05) is 44.3 Å². The van der Waals surface area contributed by atoms with E-state index >= 15 is 0 Å². The average molecular weight is 315 g/mol. The fourth-order valence-electron chi connectivity index (χ4n) is 3.62. The SMILES string of the molecule is CSC1(CNC(=O)C2(C(N)=S)CCCCC2)CCCC1. The maximum absolute atomic E-state index is 12.7. The molecule has 3 nitrogen and oxygen atoms in total. The highest BCUT2D eigenvalue weighted by atomic mass is 32.2. The molecule has 0 aliphatic heterocycles. The van der Waals surface area contributed by atoms with Crippen LogP contribution in [0.25, 0.3) is 0 Å². The summed E-state index contributed by atoms with van der Waals surface area (Å²) < 4.78 is 0.238. The van der Waals surface area contributed by atoms with Crippen molar-refractivity contribution in [1.82, 2.24) is 5.32 Å². The molecule has 1 amide bonds. The lowest BCUT2D eigenvalue weighted by Gasteiger charge is -2.36. The van der Waals surface area contributed by atoms with E-state index in [0.29, 0.717) is 4.99 Å². The predicted molar refractivity (Wildman–Crippen MR) is 90.0 cm³/mol. The summed E-state index contributed by atoms with van der Waals surface area (Å²) in [5.41, 5.74) is 5.34. The number of carbonyl (C=O) groups is 1. The molecule has 2 fully saturated rings.